The Bertz CT molecular complexity index is 606. The van der Waals surface area contributed by atoms with Crippen LogP contribution in [0, 0.1) is 23.1 Å². The first-order chi connectivity index (χ1) is 11.9. The molecule has 1 fully saturated rings. The maximum absolute atomic E-state index is 13.0. The monoisotopic (exact) mass is 347 g/mol. The average Bonchev–Trinajstić information content (AvgIpc) is 2.65. The number of carbonyl (C=O) groups excluding carboxylic acids is 1. The molecule has 1 heterocycles. The Hall–Kier alpha value is -1.97. The summed E-state index contributed by atoms with van der Waals surface area (Å²) >= 11 is 0. The number of hydrogen-bond donors (Lipinski definition) is 1. The molecule has 1 aromatic rings. The van der Waals surface area contributed by atoms with E-state index in [9.17, 15) is 14.3 Å². The second-order valence-electron chi connectivity index (χ2n) is 6.71. The van der Waals surface area contributed by atoms with Crippen molar-refractivity contribution >= 4 is 5.91 Å². The average molecular weight is 347 g/mol. The van der Waals surface area contributed by atoms with Crippen molar-refractivity contribution < 1.29 is 14.3 Å². The smallest absolute Gasteiger partial charge is 0.239 e. The van der Waals surface area contributed by atoms with E-state index in [1.807, 2.05) is 6.92 Å². The number of halogens is 1. The molecule has 1 amide bonds. The largest absolute Gasteiger partial charge is 0.388 e. The van der Waals surface area contributed by atoms with Crippen molar-refractivity contribution in [1.29, 1.82) is 5.26 Å². The van der Waals surface area contributed by atoms with Gasteiger partial charge in [0.2, 0.25) is 5.91 Å². The summed E-state index contributed by atoms with van der Waals surface area (Å²) in [7, 11) is 1.72. The first kappa shape index (κ1) is 19.4. The third-order valence-electron chi connectivity index (χ3n) is 5.07. The fraction of sp³-hybridized carbons (Fsp3) is 0.579. The maximum Gasteiger partial charge on any atom is 0.239 e. The predicted octanol–water partition coefficient (Wildman–Crippen LogP) is 2.33. The molecule has 1 aliphatic heterocycles. The zero-order valence-corrected chi connectivity index (χ0v) is 14.9. The maximum atomic E-state index is 13.0. The van der Waals surface area contributed by atoms with Crippen molar-refractivity contribution in [3.05, 3.63) is 35.6 Å². The van der Waals surface area contributed by atoms with Gasteiger partial charge in [-0.1, -0.05) is 12.1 Å². The molecule has 5 nitrogen and oxygen atoms in total. The third kappa shape index (κ3) is 5.00. The number of likely N-dealkylation sites (tertiary alicyclic amines) is 1. The lowest BCUT2D eigenvalue weighted by Crippen LogP contribution is -2.49. The summed E-state index contributed by atoms with van der Waals surface area (Å²) in [6.07, 6.45) is 1.31. The van der Waals surface area contributed by atoms with Gasteiger partial charge in [-0.25, -0.2) is 4.39 Å². The summed E-state index contributed by atoms with van der Waals surface area (Å²) in [6, 6.07) is 7.81. The van der Waals surface area contributed by atoms with Crippen molar-refractivity contribution in [2.45, 2.75) is 38.3 Å². The van der Waals surface area contributed by atoms with Crippen LogP contribution < -0.4 is 0 Å². The van der Waals surface area contributed by atoms with Crippen molar-refractivity contribution in [2.75, 3.05) is 26.7 Å². The molecule has 25 heavy (non-hydrogen) atoms. The van der Waals surface area contributed by atoms with Gasteiger partial charge in [0, 0.05) is 13.6 Å². The van der Waals surface area contributed by atoms with Crippen molar-refractivity contribution in [1.82, 2.24) is 9.80 Å². The molecule has 0 spiro atoms. The third-order valence-corrected chi connectivity index (χ3v) is 5.07. The molecule has 2 rings (SSSR count). The highest BCUT2D eigenvalue weighted by Crippen LogP contribution is 2.31. The predicted molar refractivity (Wildman–Crippen MR) is 93.0 cm³/mol. The van der Waals surface area contributed by atoms with Crippen LogP contribution >= 0.6 is 0 Å². The Morgan fingerprint density at radius 2 is 2.00 bits per heavy atom. The van der Waals surface area contributed by atoms with E-state index in [1.165, 1.54) is 12.1 Å². The lowest BCUT2D eigenvalue weighted by molar-refractivity contribution is -0.135. The number of nitriles is 1. The first-order valence-corrected chi connectivity index (χ1v) is 8.73. The molecule has 1 saturated heterocycles. The Morgan fingerprint density at radius 3 is 2.56 bits per heavy atom. The number of aliphatic hydroxyl groups is 1. The normalized spacial score (nSPS) is 18.4. The fourth-order valence-electron chi connectivity index (χ4n) is 3.36. The van der Waals surface area contributed by atoms with E-state index in [1.54, 1.807) is 24.1 Å². The minimum atomic E-state index is -0.605. The molecular formula is C19H26FN3O2. The highest BCUT2D eigenvalue weighted by molar-refractivity contribution is 5.81. The van der Waals surface area contributed by atoms with Gasteiger partial charge >= 0.3 is 0 Å². The van der Waals surface area contributed by atoms with E-state index in [0.717, 1.165) is 31.5 Å². The van der Waals surface area contributed by atoms with E-state index in [0.29, 0.717) is 13.0 Å². The number of aliphatic hydroxyl groups excluding tert-OH is 1. The molecule has 2 unspecified atom stereocenters. The van der Waals surface area contributed by atoms with Gasteiger partial charge in [0.1, 0.15) is 5.82 Å². The molecule has 0 saturated carbocycles. The molecule has 1 aliphatic rings. The highest BCUT2D eigenvalue weighted by Gasteiger charge is 2.31. The van der Waals surface area contributed by atoms with E-state index in [4.69, 9.17) is 5.26 Å². The molecule has 1 N–H and O–H groups in total. The number of nitrogens with zero attached hydrogens (tertiary/aromatic N) is 3. The molecular weight excluding hydrogens is 321 g/mol. The van der Waals surface area contributed by atoms with Crippen LogP contribution in [0.3, 0.4) is 0 Å². The van der Waals surface area contributed by atoms with Crippen LogP contribution in [0.4, 0.5) is 4.39 Å². The van der Waals surface area contributed by atoms with Gasteiger partial charge in [0.15, 0.2) is 0 Å². The number of likely N-dealkylation sites (N-methyl/N-ethyl adjacent to an activating group) is 1. The standard InChI is InChI=1S/C19H26FN3O2/c1-14(19(25)22(2)11-3-10-21)23-12-8-16(9-13-23)18(24)15-4-6-17(20)7-5-15/h4-7,14,16,18,24H,3,8-9,11-13H2,1-2H3. The number of piperidine rings is 1. The molecule has 0 bridgehead atoms. The Kier molecular flexibility index (Phi) is 6.91. The summed E-state index contributed by atoms with van der Waals surface area (Å²) in [4.78, 5) is 16.1. The van der Waals surface area contributed by atoms with E-state index in [2.05, 4.69) is 11.0 Å². The number of amides is 1. The molecule has 0 aromatic heterocycles. The molecule has 136 valence electrons. The molecule has 6 heteroatoms. The molecule has 0 radical (unpaired) electrons. The van der Waals surface area contributed by atoms with E-state index >= 15 is 0 Å². The van der Waals surface area contributed by atoms with Crippen LogP contribution in [0.15, 0.2) is 24.3 Å². The van der Waals surface area contributed by atoms with Crippen molar-refractivity contribution in [3.8, 4) is 6.07 Å². The quantitative estimate of drug-likeness (QED) is 0.858. The zero-order chi connectivity index (χ0) is 18.4. The van der Waals surface area contributed by atoms with Gasteiger partial charge in [-0.3, -0.25) is 9.69 Å². The first-order valence-electron chi connectivity index (χ1n) is 8.73. The number of rotatable bonds is 6. The van der Waals surface area contributed by atoms with Crippen LogP contribution in [0.1, 0.15) is 37.9 Å². The Morgan fingerprint density at radius 1 is 1.40 bits per heavy atom. The van der Waals surface area contributed by atoms with Gasteiger partial charge < -0.3 is 10.0 Å². The number of carbonyl (C=O) groups is 1. The van der Waals surface area contributed by atoms with Crippen LogP contribution in [-0.4, -0.2) is 53.5 Å². The van der Waals surface area contributed by atoms with E-state index in [-0.39, 0.29) is 23.7 Å². The van der Waals surface area contributed by atoms with Gasteiger partial charge in [-0.15, -0.1) is 0 Å². The topological polar surface area (TPSA) is 67.6 Å². The van der Waals surface area contributed by atoms with Gasteiger partial charge in [-0.05, 0) is 56.5 Å². The van der Waals surface area contributed by atoms with Crippen LogP contribution in [-0.2, 0) is 4.79 Å². The number of hydrogen-bond acceptors (Lipinski definition) is 4. The SMILES string of the molecule is CC(C(=O)N(C)CCC#N)N1CCC(C(O)c2ccc(F)cc2)CC1. The van der Waals surface area contributed by atoms with Crippen LogP contribution in [0.5, 0.6) is 0 Å². The number of benzene rings is 1. The fourth-order valence-corrected chi connectivity index (χ4v) is 3.36. The van der Waals surface area contributed by atoms with Gasteiger partial charge in [0.05, 0.1) is 24.6 Å². The minimum Gasteiger partial charge on any atom is -0.388 e. The highest BCUT2D eigenvalue weighted by atomic mass is 19.1. The summed E-state index contributed by atoms with van der Waals surface area (Å²) in [5.41, 5.74) is 0.736. The minimum absolute atomic E-state index is 0.0211. The van der Waals surface area contributed by atoms with Gasteiger partial charge in [-0.2, -0.15) is 5.26 Å². The lowest BCUT2D eigenvalue weighted by Gasteiger charge is -2.38. The second-order valence-corrected chi connectivity index (χ2v) is 6.71. The van der Waals surface area contributed by atoms with Crippen LogP contribution in [0.25, 0.3) is 0 Å². The summed E-state index contributed by atoms with van der Waals surface area (Å²) in [5, 5.41) is 19.1. The Labute approximate surface area is 148 Å². The van der Waals surface area contributed by atoms with Crippen molar-refractivity contribution in [2.24, 2.45) is 5.92 Å². The summed E-state index contributed by atoms with van der Waals surface area (Å²) < 4.78 is 13.0. The van der Waals surface area contributed by atoms with Crippen molar-refractivity contribution in [3.63, 3.8) is 0 Å². The van der Waals surface area contributed by atoms with Gasteiger partial charge in [0.25, 0.3) is 0 Å². The molecule has 2 atom stereocenters. The zero-order valence-electron chi connectivity index (χ0n) is 14.9. The molecule has 1 aromatic carbocycles. The summed E-state index contributed by atoms with van der Waals surface area (Å²) in [5.74, 6) is -0.174. The molecule has 0 aliphatic carbocycles. The second kappa shape index (κ2) is 8.93. The van der Waals surface area contributed by atoms with E-state index < -0.39 is 6.10 Å². The lowest BCUT2D eigenvalue weighted by atomic mass is 9.87. The van der Waals surface area contributed by atoms with Crippen LogP contribution in [0.2, 0.25) is 0 Å². The Balaban J connectivity index is 1.87. The summed E-state index contributed by atoms with van der Waals surface area (Å²) in [6.45, 7) is 3.81.